The molecule has 0 spiro atoms. The number of carbonyl (C=O) groups is 2. The van der Waals surface area contributed by atoms with Crippen molar-refractivity contribution < 1.29 is 14.0 Å². The van der Waals surface area contributed by atoms with E-state index in [0.29, 0.717) is 25.2 Å². The highest BCUT2D eigenvalue weighted by Gasteiger charge is 2.29. The summed E-state index contributed by atoms with van der Waals surface area (Å²) in [5, 5.41) is 2.90. The Morgan fingerprint density at radius 3 is 2.42 bits per heavy atom. The van der Waals surface area contributed by atoms with Gasteiger partial charge in [0.15, 0.2) is 0 Å². The Balaban J connectivity index is 1.26. The van der Waals surface area contributed by atoms with E-state index in [1.165, 1.54) is 16.7 Å². The van der Waals surface area contributed by atoms with Crippen LogP contribution in [0.1, 0.15) is 29.5 Å². The number of halogens is 1. The molecule has 1 aromatic heterocycles. The number of nitrogens with one attached hydrogen (secondary N) is 1. The molecule has 0 radical (unpaired) electrons. The Morgan fingerprint density at radius 2 is 1.73 bits per heavy atom. The van der Waals surface area contributed by atoms with Gasteiger partial charge < -0.3 is 10.2 Å². The molecular weight excluding hydrogens is 421 g/mol. The van der Waals surface area contributed by atoms with E-state index in [9.17, 15) is 18.8 Å². The van der Waals surface area contributed by atoms with E-state index in [-0.39, 0.29) is 35.5 Å². The Hall–Kier alpha value is -3.74. The highest BCUT2D eigenvalue weighted by Crippen LogP contribution is 2.30. The first-order valence-corrected chi connectivity index (χ1v) is 11.1. The van der Waals surface area contributed by atoms with Crippen molar-refractivity contribution in [2.45, 2.75) is 32.2 Å². The van der Waals surface area contributed by atoms with Gasteiger partial charge in [-0.2, -0.15) is 0 Å². The standard InChI is InChI=1S/C26H24FN3O3/c27-21-5-9-23(10-6-21)30-16-20-15-29(12-11-19(20)14-25(30)32)24(31)13-17-1-7-22(8-2-17)28-26(33)18-3-4-18/h1-2,5-10,14,16,18H,3-4,11-13,15H2,(H,28,33). The van der Waals surface area contributed by atoms with Gasteiger partial charge in [-0.1, -0.05) is 12.1 Å². The number of carbonyl (C=O) groups excluding carboxylic acids is 2. The number of aromatic nitrogens is 1. The van der Waals surface area contributed by atoms with E-state index in [1.54, 1.807) is 29.3 Å². The van der Waals surface area contributed by atoms with Gasteiger partial charge in [0.2, 0.25) is 11.8 Å². The average Bonchev–Trinajstić information content (AvgIpc) is 3.66. The van der Waals surface area contributed by atoms with Crippen LogP contribution >= 0.6 is 0 Å². The molecule has 1 saturated carbocycles. The largest absolute Gasteiger partial charge is 0.338 e. The first kappa shape index (κ1) is 21.1. The molecule has 0 unspecified atom stereocenters. The van der Waals surface area contributed by atoms with Gasteiger partial charge in [0.1, 0.15) is 5.82 Å². The number of benzene rings is 2. The summed E-state index contributed by atoms with van der Waals surface area (Å²) < 4.78 is 14.7. The molecule has 2 aromatic carbocycles. The second kappa shape index (κ2) is 8.65. The van der Waals surface area contributed by atoms with Crippen LogP contribution in [0, 0.1) is 11.7 Å². The lowest BCUT2D eigenvalue weighted by molar-refractivity contribution is -0.131. The fourth-order valence-corrected chi connectivity index (χ4v) is 4.13. The van der Waals surface area contributed by atoms with Crippen molar-refractivity contribution in [3.63, 3.8) is 0 Å². The minimum Gasteiger partial charge on any atom is -0.338 e. The molecule has 0 bridgehead atoms. The molecule has 1 aliphatic carbocycles. The van der Waals surface area contributed by atoms with Crippen LogP contribution in [0.25, 0.3) is 5.69 Å². The van der Waals surface area contributed by atoms with E-state index >= 15 is 0 Å². The molecule has 2 aliphatic rings. The maximum atomic E-state index is 13.3. The molecular formula is C26H24FN3O3. The number of amides is 2. The first-order valence-electron chi connectivity index (χ1n) is 11.1. The molecule has 5 rings (SSSR count). The van der Waals surface area contributed by atoms with Crippen LogP contribution in [0.4, 0.5) is 10.1 Å². The second-order valence-electron chi connectivity index (χ2n) is 8.71. The number of anilines is 1. The maximum Gasteiger partial charge on any atom is 0.255 e. The van der Waals surface area contributed by atoms with Crippen molar-refractivity contribution in [1.29, 1.82) is 0 Å². The van der Waals surface area contributed by atoms with E-state index in [4.69, 9.17) is 0 Å². The van der Waals surface area contributed by atoms with Gasteiger partial charge in [0, 0.05) is 42.6 Å². The highest BCUT2D eigenvalue weighted by molar-refractivity contribution is 5.94. The summed E-state index contributed by atoms with van der Waals surface area (Å²) in [6, 6.07) is 14.8. The minimum absolute atomic E-state index is 0.00921. The molecule has 3 aromatic rings. The van der Waals surface area contributed by atoms with Crippen LogP contribution in [-0.4, -0.2) is 27.8 Å². The van der Waals surface area contributed by atoms with Gasteiger partial charge in [-0.05, 0) is 72.4 Å². The molecule has 0 saturated heterocycles. The number of rotatable bonds is 5. The van der Waals surface area contributed by atoms with Crippen molar-refractivity contribution in [2.75, 3.05) is 11.9 Å². The third-order valence-electron chi connectivity index (χ3n) is 6.23. The summed E-state index contributed by atoms with van der Waals surface area (Å²) in [6.45, 7) is 0.979. The molecule has 1 fully saturated rings. The van der Waals surface area contributed by atoms with Gasteiger partial charge in [-0.3, -0.25) is 19.0 Å². The maximum absolute atomic E-state index is 13.3. The summed E-state index contributed by atoms with van der Waals surface area (Å²) in [6.07, 6.45) is 4.55. The Bertz CT molecular complexity index is 1260. The van der Waals surface area contributed by atoms with Gasteiger partial charge >= 0.3 is 0 Å². The molecule has 2 amide bonds. The summed E-state index contributed by atoms with van der Waals surface area (Å²) in [7, 11) is 0. The van der Waals surface area contributed by atoms with Crippen molar-refractivity contribution in [3.8, 4) is 5.69 Å². The summed E-state index contributed by atoms with van der Waals surface area (Å²) in [5.74, 6) is -0.146. The Morgan fingerprint density at radius 1 is 1.00 bits per heavy atom. The predicted molar refractivity (Wildman–Crippen MR) is 123 cm³/mol. The van der Waals surface area contributed by atoms with E-state index in [1.807, 2.05) is 24.3 Å². The third-order valence-corrected chi connectivity index (χ3v) is 6.23. The zero-order chi connectivity index (χ0) is 22.9. The third kappa shape index (κ3) is 4.72. The van der Waals surface area contributed by atoms with Crippen LogP contribution in [0.15, 0.2) is 65.6 Å². The van der Waals surface area contributed by atoms with E-state index < -0.39 is 0 Å². The zero-order valence-corrected chi connectivity index (χ0v) is 18.1. The monoisotopic (exact) mass is 445 g/mol. The van der Waals surface area contributed by atoms with E-state index in [0.717, 1.165) is 35.2 Å². The van der Waals surface area contributed by atoms with Crippen molar-refractivity contribution in [3.05, 3.63) is 93.7 Å². The van der Waals surface area contributed by atoms with Crippen LogP contribution < -0.4 is 10.9 Å². The van der Waals surface area contributed by atoms with Gasteiger partial charge in [0.05, 0.1) is 6.42 Å². The smallest absolute Gasteiger partial charge is 0.255 e. The number of hydrogen-bond acceptors (Lipinski definition) is 3. The Labute approximate surface area is 190 Å². The molecule has 168 valence electrons. The fourth-order valence-electron chi connectivity index (χ4n) is 4.13. The van der Waals surface area contributed by atoms with Gasteiger partial charge in [0.25, 0.3) is 5.56 Å². The quantitative estimate of drug-likeness (QED) is 0.654. The van der Waals surface area contributed by atoms with Gasteiger partial charge in [-0.25, -0.2) is 4.39 Å². The highest BCUT2D eigenvalue weighted by atomic mass is 19.1. The van der Waals surface area contributed by atoms with Crippen LogP contribution in [0.3, 0.4) is 0 Å². The molecule has 6 nitrogen and oxygen atoms in total. The number of pyridine rings is 1. The SMILES string of the molecule is O=C(Nc1ccc(CC(=O)N2CCc3cc(=O)n(-c4ccc(F)cc4)cc3C2)cc1)C1CC1. The van der Waals surface area contributed by atoms with Crippen LogP contribution in [0.2, 0.25) is 0 Å². The second-order valence-corrected chi connectivity index (χ2v) is 8.71. The van der Waals surface area contributed by atoms with Crippen molar-refractivity contribution in [2.24, 2.45) is 5.92 Å². The van der Waals surface area contributed by atoms with Crippen molar-refractivity contribution in [1.82, 2.24) is 9.47 Å². The number of hydrogen-bond donors (Lipinski definition) is 1. The average molecular weight is 445 g/mol. The fraction of sp³-hybridized carbons (Fsp3) is 0.269. The predicted octanol–water partition coefficient (Wildman–Crippen LogP) is 3.45. The molecule has 1 aliphatic heterocycles. The first-order chi connectivity index (χ1) is 16.0. The molecule has 2 heterocycles. The zero-order valence-electron chi connectivity index (χ0n) is 18.1. The molecule has 7 heteroatoms. The van der Waals surface area contributed by atoms with Crippen molar-refractivity contribution >= 4 is 17.5 Å². The topological polar surface area (TPSA) is 71.4 Å². The summed E-state index contributed by atoms with van der Waals surface area (Å²) >= 11 is 0. The number of nitrogens with zero attached hydrogens (tertiary/aromatic N) is 2. The molecule has 0 atom stereocenters. The van der Waals surface area contributed by atoms with E-state index in [2.05, 4.69) is 5.32 Å². The summed E-state index contributed by atoms with van der Waals surface area (Å²) in [4.78, 5) is 39.2. The number of fused-ring (bicyclic) bond motifs is 1. The summed E-state index contributed by atoms with van der Waals surface area (Å²) in [5.41, 5.74) is 3.89. The molecule has 33 heavy (non-hydrogen) atoms. The molecule has 1 N–H and O–H groups in total. The lowest BCUT2D eigenvalue weighted by atomic mass is 10.0. The normalized spacial score (nSPS) is 15.1. The van der Waals surface area contributed by atoms with Crippen LogP contribution in [0.5, 0.6) is 0 Å². The minimum atomic E-state index is -0.361. The lowest BCUT2D eigenvalue weighted by Crippen LogP contribution is -2.38. The Kier molecular flexibility index (Phi) is 5.54. The van der Waals surface area contributed by atoms with Crippen LogP contribution in [-0.2, 0) is 29.0 Å². The lowest BCUT2D eigenvalue weighted by Gasteiger charge is -2.29. The van der Waals surface area contributed by atoms with Gasteiger partial charge in [-0.15, -0.1) is 0 Å².